The molecule has 1 unspecified atom stereocenters. The topological polar surface area (TPSA) is 0 Å². The molecule has 156 valence electrons. The smallest absolute Gasteiger partial charge is 0.198 e. The Balaban J connectivity index is 3.85. The maximum Gasteiger partial charge on any atom is 0.459 e. The van der Waals surface area contributed by atoms with Crippen LogP contribution in [-0.2, 0) is 6.42 Å². The molecule has 0 nitrogen and oxygen atoms in total. The van der Waals surface area contributed by atoms with Crippen molar-refractivity contribution < 1.29 is 57.1 Å². The van der Waals surface area contributed by atoms with Crippen LogP contribution in [0.1, 0.15) is 5.56 Å². The molecule has 1 aromatic carbocycles. The van der Waals surface area contributed by atoms with Gasteiger partial charge in [0.25, 0.3) is 0 Å². The molecule has 0 heterocycles. The van der Waals surface area contributed by atoms with Crippen LogP contribution in [0, 0.1) is 5.41 Å². The van der Waals surface area contributed by atoms with Crippen molar-refractivity contribution in [3.63, 3.8) is 0 Å². The maximum absolute atomic E-state index is 13.9. The van der Waals surface area contributed by atoms with Gasteiger partial charge in [-0.1, -0.05) is 24.3 Å². The Morgan fingerprint density at radius 1 is 0.556 bits per heavy atom. The highest BCUT2D eigenvalue weighted by Gasteiger charge is 2.91. The van der Waals surface area contributed by atoms with Crippen molar-refractivity contribution in [2.45, 2.75) is 36.8 Å². The average molecular weight is 442 g/mol. The fourth-order valence-electron chi connectivity index (χ4n) is 2.22. The predicted molar refractivity (Wildman–Crippen MR) is 70.0 cm³/mol. The van der Waals surface area contributed by atoms with Crippen LogP contribution < -0.4 is 5.30 Å². The van der Waals surface area contributed by atoms with Crippen LogP contribution >= 0.6 is 9.24 Å². The summed E-state index contributed by atoms with van der Waals surface area (Å²) in [4.78, 5) is 0. The van der Waals surface area contributed by atoms with Crippen LogP contribution in [0.5, 0.6) is 0 Å². The van der Waals surface area contributed by atoms with E-state index in [4.69, 9.17) is 0 Å². The minimum atomic E-state index is -7.62. The number of rotatable bonds is 4. The van der Waals surface area contributed by atoms with Gasteiger partial charge in [0, 0.05) is 6.42 Å². The second-order valence-corrected chi connectivity index (χ2v) is 6.13. The summed E-state index contributed by atoms with van der Waals surface area (Å²) in [5.41, 5.74) is -7.87. The number of benzene rings is 1. The van der Waals surface area contributed by atoms with E-state index < -0.39 is 47.8 Å². The van der Waals surface area contributed by atoms with E-state index in [0.717, 1.165) is 12.1 Å². The van der Waals surface area contributed by atoms with Crippen LogP contribution in [-0.4, -0.2) is 30.4 Å². The van der Waals surface area contributed by atoms with Crippen molar-refractivity contribution in [1.29, 1.82) is 0 Å². The van der Waals surface area contributed by atoms with Crippen LogP contribution in [0.3, 0.4) is 0 Å². The lowest BCUT2D eigenvalue weighted by Gasteiger charge is -2.45. The van der Waals surface area contributed by atoms with Crippen LogP contribution in [0.15, 0.2) is 24.3 Å². The largest absolute Gasteiger partial charge is 0.459 e. The Morgan fingerprint density at radius 2 is 0.926 bits per heavy atom. The first-order valence-electron chi connectivity index (χ1n) is 6.52. The van der Waals surface area contributed by atoms with Crippen molar-refractivity contribution in [3.8, 4) is 0 Å². The summed E-state index contributed by atoms with van der Waals surface area (Å²) >= 11 is 0. The molecule has 0 aliphatic carbocycles. The highest BCUT2D eigenvalue weighted by Crippen LogP contribution is 2.66. The van der Waals surface area contributed by atoms with Crippen molar-refractivity contribution in [2.75, 3.05) is 0 Å². The summed E-state index contributed by atoms with van der Waals surface area (Å²) in [6, 6.07) is 2.63. The quantitative estimate of drug-likeness (QED) is 0.417. The Bertz CT molecular complexity index is 637. The minimum Gasteiger partial charge on any atom is -0.198 e. The van der Waals surface area contributed by atoms with E-state index in [9.17, 15) is 57.1 Å². The van der Waals surface area contributed by atoms with Gasteiger partial charge in [-0.2, -0.15) is 57.1 Å². The summed E-state index contributed by atoms with van der Waals surface area (Å²) < 4.78 is 170. The molecular weight excluding hydrogens is 434 g/mol. The first-order chi connectivity index (χ1) is 11.7. The molecule has 14 heteroatoms. The molecule has 0 fully saturated rings. The normalized spacial score (nSPS) is 15.2. The molecule has 0 aliphatic heterocycles. The number of hydrogen-bond acceptors (Lipinski definition) is 0. The van der Waals surface area contributed by atoms with E-state index in [1.807, 2.05) is 9.24 Å². The lowest BCUT2D eigenvalue weighted by molar-refractivity contribution is -0.460. The van der Waals surface area contributed by atoms with Gasteiger partial charge in [0.1, 0.15) is 0 Å². The van der Waals surface area contributed by atoms with Gasteiger partial charge in [0.15, 0.2) is 0 Å². The second-order valence-electron chi connectivity index (χ2n) is 5.47. The van der Waals surface area contributed by atoms with E-state index in [-0.39, 0.29) is 5.30 Å². The Morgan fingerprint density at radius 3 is 1.22 bits per heavy atom. The summed E-state index contributed by atoms with van der Waals surface area (Å²) in [6.07, 6.45) is -24.7. The Labute approximate surface area is 144 Å². The van der Waals surface area contributed by atoms with Gasteiger partial charge < -0.3 is 0 Å². The summed E-state index contributed by atoms with van der Waals surface area (Å²) in [5.74, 6) is -15.2. The van der Waals surface area contributed by atoms with Gasteiger partial charge >= 0.3 is 30.4 Å². The highest BCUT2D eigenvalue weighted by atomic mass is 31.0. The number of alkyl halides is 13. The molecule has 27 heavy (non-hydrogen) atoms. The zero-order valence-electron chi connectivity index (χ0n) is 12.5. The zero-order valence-corrected chi connectivity index (χ0v) is 13.7. The molecule has 0 saturated carbocycles. The molecule has 0 bridgehead atoms. The van der Waals surface area contributed by atoms with Crippen molar-refractivity contribution in [2.24, 2.45) is 5.41 Å². The minimum absolute atomic E-state index is 0.177. The zero-order chi connectivity index (χ0) is 21.7. The maximum atomic E-state index is 13.9. The van der Waals surface area contributed by atoms with Crippen LogP contribution in [0.4, 0.5) is 57.1 Å². The molecule has 1 aromatic rings. The van der Waals surface area contributed by atoms with Crippen LogP contribution in [0.2, 0.25) is 0 Å². The Hall–Kier alpha value is -1.26. The second kappa shape index (κ2) is 6.66. The third-order valence-corrected chi connectivity index (χ3v) is 4.09. The van der Waals surface area contributed by atoms with Crippen molar-refractivity contribution >= 4 is 14.5 Å². The molecule has 0 spiro atoms. The molecular formula is C13H8F13P. The van der Waals surface area contributed by atoms with Gasteiger partial charge in [0.05, 0.1) is 0 Å². The van der Waals surface area contributed by atoms with Crippen molar-refractivity contribution in [3.05, 3.63) is 29.8 Å². The van der Waals surface area contributed by atoms with Crippen molar-refractivity contribution in [1.82, 2.24) is 0 Å². The fraction of sp³-hybridized carbons (Fsp3) is 0.538. The van der Waals surface area contributed by atoms with Gasteiger partial charge in [-0.25, -0.2) is 0 Å². The fourth-order valence-corrected chi connectivity index (χ4v) is 2.41. The third kappa shape index (κ3) is 3.71. The first kappa shape index (κ1) is 23.8. The third-order valence-electron chi connectivity index (χ3n) is 3.70. The molecule has 0 aliphatic rings. The molecule has 0 radical (unpaired) electrons. The molecule has 0 aromatic heterocycles. The van der Waals surface area contributed by atoms with E-state index in [0.29, 0.717) is 12.1 Å². The molecule has 0 N–H and O–H groups in total. The van der Waals surface area contributed by atoms with Gasteiger partial charge in [-0.05, 0) is 10.9 Å². The predicted octanol–water partition coefficient (Wildman–Crippen LogP) is 5.67. The lowest BCUT2D eigenvalue weighted by atomic mass is 9.71. The lowest BCUT2D eigenvalue weighted by Crippen LogP contribution is -2.71. The van der Waals surface area contributed by atoms with Gasteiger partial charge in [-0.15, -0.1) is 9.24 Å². The number of hydrogen-bond donors (Lipinski definition) is 0. The summed E-state index contributed by atoms with van der Waals surface area (Å²) in [6.45, 7) is 0. The monoisotopic (exact) mass is 442 g/mol. The standard InChI is InChI=1S/C13H8F13P/c14-9(15,10(16,17)13(24,25)26)8(11(18,19)20,12(21,22)23)5-6-1-3-7(27)4-2-6/h1-4H,5,27H2. The van der Waals surface area contributed by atoms with E-state index >= 15 is 0 Å². The SMILES string of the molecule is FC(F)(F)C(F)(F)C(F)(F)C(Cc1ccc(P)cc1)(C(F)(F)F)C(F)(F)F. The summed E-state index contributed by atoms with van der Waals surface area (Å²) in [7, 11) is 1.95. The van der Waals surface area contributed by atoms with Crippen LogP contribution in [0.25, 0.3) is 0 Å². The highest BCUT2D eigenvalue weighted by molar-refractivity contribution is 7.27. The van der Waals surface area contributed by atoms with Gasteiger partial charge in [0.2, 0.25) is 5.41 Å². The van der Waals surface area contributed by atoms with E-state index in [1.54, 1.807) is 0 Å². The first-order valence-corrected chi connectivity index (χ1v) is 7.10. The molecule has 0 saturated heterocycles. The van der Waals surface area contributed by atoms with E-state index in [1.165, 1.54) is 0 Å². The molecule has 0 amide bonds. The average Bonchev–Trinajstić information content (AvgIpc) is 2.42. The molecule has 1 rings (SSSR count). The van der Waals surface area contributed by atoms with E-state index in [2.05, 4.69) is 0 Å². The number of halogens is 13. The molecule has 1 atom stereocenters. The summed E-state index contributed by atoms with van der Waals surface area (Å²) in [5, 5.41) is 0.177. The van der Waals surface area contributed by atoms with Gasteiger partial charge in [-0.3, -0.25) is 0 Å². The Kier molecular flexibility index (Phi) is 5.87.